The second-order valence-electron chi connectivity index (χ2n) is 7.33. The second-order valence-corrected chi connectivity index (χ2v) is 8.58. The van der Waals surface area contributed by atoms with Gasteiger partial charge in [0.15, 0.2) is 0 Å². The smallest absolute Gasteiger partial charge is 0.295 e. The lowest BCUT2D eigenvalue weighted by molar-refractivity contribution is -0.139. The number of nitrogens with zero attached hydrogens (tertiary/aromatic N) is 2. The SMILES string of the molecule is CN(C)CCCN1C(=O)C(=O)C(=C(O)c2ccc(Cl)cc2)C1c1ccc(Cl)c(Cl)c1. The zero-order valence-corrected chi connectivity index (χ0v) is 18.8. The number of hydrogen-bond donors (Lipinski definition) is 1. The van der Waals surface area contributed by atoms with Crippen LogP contribution < -0.4 is 0 Å². The minimum atomic E-state index is -0.766. The normalized spacial score (nSPS) is 18.5. The summed E-state index contributed by atoms with van der Waals surface area (Å²) in [6.45, 7) is 1.10. The molecule has 5 nitrogen and oxygen atoms in total. The zero-order chi connectivity index (χ0) is 22.0. The molecular formula is C22H21Cl3N2O3. The van der Waals surface area contributed by atoms with Crippen LogP contribution in [-0.4, -0.2) is 53.8 Å². The third kappa shape index (κ3) is 4.65. The second kappa shape index (κ2) is 9.40. The number of amides is 1. The van der Waals surface area contributed by atoms with Gasteiger partial charge in [0.1, 0.15) is 5.76 Å². The van der Waals surface area contributed by atoms with Gasteiger partial charge in [-0.15, -0.1) is 0 Å². The third-order valence-corrected chi connectivity index (χ3v) is 5.91. The number of likely N-dealkylation sites (tertiary alicyclic amines) is 1. The van der Waals surface area contributed by atoms with Gasteiger partial charge in [0, 0.05) is 17.1 Å². The highest BCUT2D eigenvalue weighted by atomic mass is 35.5. The third-order valence-electron chi connectivity index (χ3n) is 4.92. The molecule has 30 heavy (non-hydrogen) atoms. The van der Waals surface area contributed by atoms with Crippen molar-refractivity contribution in [2.75, 3.05) is 27.2 Å². The van der Waals surface area contributed by atoms with E-state index in [4.69, 9.17) is 34.8 Å². The summed E-state index contributed by atoms with van der Waals surface area (Å²) in [5.74, 6) is -1.64. The Bertz CT molecular complexity index is 1000. The first kappa shape index (κ1) is 22.6. The molecule has 1 atom stereocenters. The van der Waals surface area contributed by atoms with Gasteiger partial charge in [-0.1, -0.05) is 40.9 Å². The summed E-state index contributed by atoms with van der Waals surface area (Å²) in [5, 5.41) is 12.1. The molecule has 1 aliphatic rings. The molecule has 158 valence electrons. The highest BCUT2D eigenvalue weighted by Crippen LogP contribution is 2.41. The number of benzene rings is 2. The van der Waals surface area contributed by atoms with Gasteiger partial charge in [0.2, 0.25) is 0 Å². The molecule has 0 bridgehead atoms. The van der Waals surface area contributed by atoms with Gasteiger partial charge >= 0.3 is 0 Å². The Morgan fingerprint density at radius 1 is 1.03 bits per heavy atom. The van der Waals surface area contributed by atoms with Crippen LogP contribution in [0.3, 0.4) is 0 Å². The molecule has 0 spiro atoms. The number of carbonyl (C=O) groups excluding carboxylic acids is 2. The predicted molar refractivity (Wildman–Crippen MR) is 120 cm³/mol. The van der Waals surface area contributed by atoms with Crippen molar-refractivity contribution in [2.24, 2.45) is 0 Å². The van der Waals surface area contributed by atoms with Crippen LogP contribution in [0, 0.1) is 0 Å². The molecule has 1 heterocycles. The van der Waals surface area contributed by atoms with Crippen molar-refractivity contribution >= 4 is 52.3 Å². The maximum Gasteiger partial charge on any atom is 0.295 e. The van der Waals surface area contributed by atoms with E-state index < -0.39 is 17.7 Å². The number of hydrogen-bond acceptors (Lipinski definition) is 4. The van der Waals surface area contributed by atoms with E-state index in [0.717, 1.165) is 6.54 Å². The summed E-state index contributed by atoms with van der Waals surface area (Å²) in [4.78, 5) is 29.3. The monoisotopic (exact) mass is 466 g/mol. The van der Waals surface area contributed by atoms with Crippen LogP contribution in [0.5, 0.6) is 0 Å². The van der Waals surface area contributed by atoms with Crippen molar-refractivity contribution in [3.05, 3.63) is 74.2 Å². The Hall–Kier alpha value is -2.05. The number of carbonyl (C=O) groups is 2. The molecule has 2 aromatic carbocycles. The average molecular weight is 468 g/mol. The van der Waals surface area contributed by atoms with Crippen molar-refractivity contribution in [1.82, 2.24) is 9.80 Å². The average Bonchev–Trinajstić information content (AvgIpc) is 2.95. The highest BCUT2D eigenvalue weighted by Gasteiger charge is 2.45. The van der Waals surface area contributed by atoms with Gasteiger partial charge in [0.05, 0.1) is 21.7 Å². The van der Waals surface area contributed by atoms with Gasteiger partial charge in [-0.3, -0.25) is 9.59 Å². The molecule has 1 fully saturated rings. The van der Waals surface area contributed by atoms with E-state index in [0.29, 0.717) is 39.2 Å². The number of aliphatic hydroxyl groups excluding tert-OH is 1. The summed E-state index contributed by atoms with van der Waals surface area (Å²) in [6, 6.07) is 10.6. The fraction of sp³-hybridized carbons (Fsp3) is 0.273. The molecular weight excluding hydrogens is 447 g/mol. The Balaban J connectivity index is 2.11. The molecule has 0 saturated carbocycles. The molecule has 2 aromatic rings. The van der Waals surface area contributed by atoms with E-state index in [-0.39, 0.29) is 11.3 Å². The first-order valence-corrected chi connectivity index (χ1v) is 10.5. The fourth-order valence-electron chi connectivity index (χ4n) is 3.46. The Kier molecular flexibility index (Phi) is 7.09. The van der Waals surface area contributed by atoms with E-state index in [1.165, 1.54) is 4.90 Å². The largest absolute Gasteiger partial charge is 0.507 e. The maximum atomic E-state index is 12.9. The lowest BCUT2D eigenvalue weighted by Crippen LogP contribution is -2.32. The summed E-state index contributed by atoms with van der Waals surface area (Å²) in [6.07, 6.45) is 0.666. The lowest BCUT2D eigenvalue weighted by Gasteiger charge is -2.26. The summed E-state index contributed by atoms with van der Waals surface area (Å²) in [5.41, 5.74) is 1.02. The van der Waals surface area contributed by atoms with Crippen LogP contribution in [0.15, 0.2) is 48.0 Å². The molecule has 1 aliphatic heterocycles. The molecule has 0 aromatic heterocycles. The fourth-order valence-corrected chi connectivity index (χ4v) is 3.89. The van der Waals surface area contributed by atoms with Crippen LogP contribution in [-0.2, 0) is 9.59 Å². The van der Waals surface area contributed by atoms with E-state index in [1.54, 1.807) is 42.5 Å². The minimum Gasteiger partial charge on any atom is -0.507 e. The number of ketones is 1. The summed E-state index contributed by atoms with van der Waals surface area (Å²) in [7, 11) is 3.87. The van der Waals surface area contributed by atoms with E-state index in [1.807, 2.05) is 19.0 Å². The maximum absolute atomic E-state index is 12.9. The van der Waals surface area contributed by atoms with Crippen LogP contribution in [0.4, 0.5) is 0 Å². The quantitative estimate of drug-likeness (QED) is 0.368. The van der Waals surface area contributed by atoms with Crippen molar-refractivity contribution in [3.63, 3.8) is 0 Å². The Labute approximate surface area is 190 Å². The van der Waals surface area contributed by atoms with Crippen molar-refractivity contribution in [2.45, 2.75) is 12.5 Å². The first-order chi connectivity index (χ1) is 14.2. The van der Waals surface area contributed by atoms with Gasteiger partial charge in [-0.2, -0.15) is 0 Å². The van der Waals surface area contributed by atoms with Gasteiger partial charge in [0.25, 0.3) is 11.7 Å². The molecule has 0 radical (unpaired) electrons. The molecule has 1 amide bonds. The van der Waals surface area contributed by atoms with Crippen molar-refractivity contribution < 1.29 is 14.7 Å². The summed E-state index contributed by atoms with van der Waals surface area (Å²) >= 11 is 18.2. The van der Waals surface area contributed by atoms with Crippen LogP contribution in [0.2, 0.25) is 15.1 Å². The highest BCUT2D eigenvalue weighted by molar-refractivity contribution is 6.47. The number of Topliss-reactive ketones (excluding diaryl/α,β-unsaturated/α-hetero) is 1. The molecule has 3 rings (SSSR count). The molecule has 0 aliphatic carbocycles. The van der Waals surface area contributed by atoms with Crippen LogP contribution in [0.25, 0.3) is 5.76 Å². The zero-order valence-electron chi connectivity index (χ0n) is 16.5. The van der Waals surface area contributed by atoms with Crippen molar-refractivity contribution in [1.29, 1.82) is 0 Å². The van der Waals surface area contributed by atoms with Gasteiger partial charge in [-0.25, -0.2) is 0 Å². The molecule has 1 N–H and O–H groups in total. The number of rotatable bonds is 6. The minimum absolute atomic E-state index is 0.0190. The first-order valence-electron chi connectivity index (χ1n) is 9.34. The van der Waals surface area contributed by atoms with E-state index >= 15 is 0 Å². The van der Waals surface area contributed by atoms with Crippen LogP contribution >= 0.6 is 34.8 Å². The van der Waals surface area contributed by atoms with E-state index in [9.17, 15) is 14.7 Å². The molecule has 8 heteroatoms. The van der Waals surface area contributed by atoms with Gasteiger partial charge in [-0.05, 0) is 69.0 Å². The lowest BCUT2D eigenvalue weighted by atomic mass is 9.95. The van der Waals surface area contributed by atoms with Gasteiger partial charge < -0.3 is 14.9 Å². The Morgan fingerprint density at radius 2 is 1.70 bits per heavy atom. The summed E-state index contributed by atoms with van der Waals surface area (Å²) < 4.78 is 0. The van der Waals surface area contributed by atoms with Crippen LogP contribution in [0.1, 0.15) is 23.6 Å². The molecule has 1 saturated heterocycles. The predicted octanol–water partition coefficient (Wildman–Crippen LogP) is 5.02. The van der Waals surface area contributed by atoms with E-state index in [2.05, 4.69) is 0 Å². The number of halogens is 3. The topological polar surface area (TPSA) is 60.9 Å². The van der Waals surface area contributed by atoms with Crippen molar-refractivity contribution in [3.8, 4) is 0 Å². The Morgan fingerprint density at radius 3 is 2.30 bits per heavy atom. The number of aliphatic hydroxyl groups is 1. The standard InChI is InChI=1S/C22H21Cl3N2O3/c1-26(2)10-3-11-27-19(14-6-9-16(24)17(25)12-14)18(21(29)22(27)30)20(28)13-4-7-15(23)8-5-13/h4-9,12,19,28H,3,10-11H2,1-2H3. The molecule has 1 unspecified atom stereocenters.